The smallest absolute Gasteiger partial charge is 0.291 e. The van der Waals surface area contributed by atoms with Crippen molar-refractivity contribution in [2.24, 2.45) is 0 Å². The van der Waals surface area contributed by atoms with Crippen LogP contribution < -0.4 is 0 Å². The lowest BCUT2D eigenvalue weighted by molar-refractivity contribution is 0.377. The van der Waals surface area contributed by atoms with Crippen LogP contribution in [0, 0.1) is 11.5 Å². The zero-order chi connectivity index (χ0) is 10.3. The molecule has 0 unspecified atom stereocenters. The minimum absolute atomic E-state index is 0.532. The maximum atomic E-state index is 8.20. The minimum Gasteiger partial charge on any atom is -0.393 e. The summed E-state index contributed by atoms with van der Waals surface area (Å²) in [6.45, 7) is 12.8. The van der Waals surface area contributed by atoms with Crippen LogP contribution in [0.2, 0.25) is 0 Å². The van der Waals surface area contributed by atoms with Crippen molar-refractivity contribution in [3.8, 4) is 6.26 Å². The number of hydrogen-bond donors (Lipinski definition) is 0. The molecule has 0 spiro atoms. The molecule has 0 amide bonds. The van der Waals surface area contributed by atoms with E-state index >= 15 is 0 Å². The lowest BCUT2D eigenvalue weighted by Gasteiger charge is -2.00. The van der Waals surface area contributed by atoms with Gasteiger partial charge in [0.2, 0.25) is 0 Å². The van der Waals surface area contributed by atoms with Crippen LogP contribution in [0.15, 0.2) is 48.8 Å². The topological polar surface area (TPSA) is 33.0 Å². The summed E-state index contributed by atoms with van der Waals surface area (Å²) in [6.07, 6.45) is 5.62. The molecule has 0 aromatic rings. The fraction of sp³-hybridized carbons (Fsp3) is 0.182. The van der Waals surface area contributed by atoms with Crippen molar-refractivity contribution in [3.63, 3.8) is 0 Å². The average Bonchev–Trinajstić information content (AvgIpc) is 2.04. The van der Waals surface area contributed by atoms with E-state index < -0.39 is 0 Å². The van der Waals surface area contributed by atoms with Crippen molar-refractivity contribution >= 4 is 0 Å². The summed E-state index contributed by atoms with van der Waals surface area (Å²) in [5.41, 5.74) is 1.74. The van der Waals surface area contributed by atoms with E-state index in [0.717, 1.165) is 11.1 Å². The van der Waals surface area contributed by atoms with E-state index in [9.17, 15) is 0 Å². The molecule has 0 aromatic carbocycles. The van der Waals surface area contributed by atoms with E-state index in [4.69, 9.17) is 5.26 Å². The van der Waals surface area contributed by atoms with Crippen molar-refractivity contribution in [2.75, 3.05) is 0 Å². The lowest BCUT2D eigenvalue weighted by Crippen LogP contribution is -1.83. The van der Waals surface area contributed by atoms with Crippen LogP contribution in [-0.4, -0.2) is 0 Å². The molecule has 0 rings (SSSR count). The van der Waals surface area contributed by atoms with Gasteiger partial charge in [-0.3, -0.25) is 0 Å². The summed E-state index contributed by atoms with van der Waals surface area (Å²) in [6, 6.07) is 0. The monoisotopic (exact) mass is 175 g/mol. The fourth-order valence-corrected chi connectivity index (χ4v) is 0.804. The molecule has 0 aromatic heterocycles. The van der Waals surface area contributed by atoms with Crippen LogP contribution in [0.1, 0.15) is 13.3 Å². The molecule has 2 heteroatoms. The normalized spacial score (nSPS) is 10.0. The van der Waals surface area contributed by atoms with Crippen LogP contribution >= 0.6 is 0 Å². The Morgan fingerprint density at radius 1 is 1.46 bits per heavy atom. The minimum atomic E-state index is 0.532. The van der Waals surface area contributed by atoms with Crippen molar-refractivity contribution in [1.82, 2.24) is 0 Å². The van der Waals surface area contributed by atoms with Crippen LogP contribution in [0.5, 0.6) is 0 Å². The average molecular weight is 175 g/mol. The molecule has 0 saturated carbocycles. The van der Waals surface area contributed by atoms with Gasteiger partial charge in [-0.2, -0.15) is 0 Å². The van der Waals surface area contributed by atoms with E-state index in [1.54, 1.807) is 25.3 Å². The Balaban J connectivity index is 4.15. The molecule has 68 valence electrons. The lowest BCUT2D eigenvalue weighted by atomic mass is 10.1. The van der Waals surface area contributed by atoms with Gasteiger partial charge in [0.15, 0.2) is 0 Å². The molecular formula is C11H13NO. The van der Waals surface area contributed by atoms with Crippen molar-refractivity contribution in [2.45, 2.75) is 13.3 Å². The highest BCUT2D eigenvalue weighted by Gasteiger charge is 1.94. The van der Waals surface area contributed by atoms with Gasteiger partial charge in [0.25, 0.3) is 6.26 Å². The van der Waals surface area contributed by atoms with Gasteiger partial charge in [0, 0.05) is 0 Å². The number of nitrogens with zero attached hydrogens (tertiary/aromatic N) is 1. The van der Waals surface area contributed by atoms with Gasteiger partial charge in [0.1, 0.15) is 5.76 Å². The molecule has 0 aliphatic heterocycles. The molecule has 0 aliphatic rings. The first kappa shape index (κ1) is 11.2. The fourth-order valence-electron chi connectivity index (χ4n) is 0.804. The molecular weight excluding hydrogens is 162 g/mol. The highest BCUT2D eigenvalue weighted by molar-refractivity contribution is 5.27. The Hall–Kier alpha value is -1.75. The Labute approximate surface area is 79.1 Å². The van der Waals surface area contributed by atoms with Crippen molar-refractivity contribution in [3.05, 3.63) is 48.8 Å². The second-order valence-electron chi connectivity index (χ2n) is 2.65. The Morgan fingerprint density at radius 3 is 2.54 bits per heavy atom. The largest absolute Gasteiger partial charge is 0.393 e. The summed E-state index contributed by atoms with van der Waals surface area (Å²) < 4.78 is 4.58. The highest BCUT2D eigenvalue weighted by Crippen LogP contribution is 2.11. The molecule has 0 N–H and O–H groups in total. The van der Waals surface area contributed by atoms with Crippen LogP contribution in [0.25, 0.3) is 0 Å². The third kappa shape index (κ3) is 5.51. The first-order valence-corrected chi connectivity index (χ1v) is 3.82. The van der Waals surface area contributed by atoms with Crippen molar-refractivity contribution in [1.29, 1.82) is 5.26 Å². The molecule has 0 bridgehead atoms. The zero-order valence-corrected chi connectivity index (χ0v) is 7.84. The first-order valence-electron chi connectivity index (χ1n) is 3.82. The summed E-state index contributed by atoms with van der Waals surface area (Å²) in [7, 11) is 0. The molecule has 0 heterocycles. The molecule has 13 heavy (non-hydrogen) atoms. The number of nitriles is 1. The number of ether oxygens (including phenoxy) is 1. The van der Waals surface area contributed by atoms with Crippen molar-refractivity contribution < 1.29 is 4.74 Å². The summed E-state index contributed by atoms with van der Waals surface area (Å²) >= 11 is 0. The van der Waals surface area contributed by atoms with E-state index in [2.05, 4.69) is 24.5 Å². The van der Waals surface area contributed by atoms with Crippen LogP contribution in [0.3, 0.4) is 0 Å². The first-order chi connectivity index (χ1) is 6.10. The second-order valence-corrected chi connectivity index (χ2v) is 2.65. The van der Waals surface area contributed by atoms with Gasteiger partial charge < -0.3 is 4.74 Å². The number of hydrogen-bond acceptors (Lipinski definition) is 2. The second kappa shape index (κ2) is 5.84. The Morgan fingerprint density at radius 2 is 2.08 bits per heavy atom. The van der Waals surface area contributed by atoms with E-state index in [1.165, 1.54) is 0 Å². The third-order valence-corrected chi connectivity index (χ3v) is 1.36. The molecule has 0 fully saturated rings. The number of allylic oxidation sites excluding steroid dienone is 5. The van der Waals surface area contributed by atoms with E-state index in [1.807, 2.05) is 0 Å². The predicted molar refractivity (Wildman–Crippen MR) is 53.5 cm³/mol. The van der Waals surface area contributed by atoms with Gasteiger partial charge in [-0.25, -0.2) is 0 Å². The van der Waals surface area contributed by atoms with Crippen LogP contribution in [-0.2, 0) is 4.74 Å². The molecule has 0 saturated heterocycles. The Bertz CT molecular complexity index is 292. The van der Waals surface area contributed by atoms with E-state index in [-0.39, 0.29) is 0 Å². The summed E-state index contributed by atoms with van der Waals surface area (Å²) in [5.74, 6) is 0.532. The van der Waals surface area contributed by atoms with Crippen LogP contribution in [0.4, 0.5) is 0 Å². The summed E-state index contributed by atoms with van der Waals surface area (Å²) in [4.78, 5) is 0. The van der Waals surface area contributed by atoms with Gasteiger partial charge in [0.05, 0.1) is 0 Å². The molecule has 2 nitrogen and oxygen atoms in total. The SMILES string of the molecule is C=CC(=C)CC(=C)/C=C(\C)OC#N. The highest BCUT2D eigenvalue weighted by atomic mass is 16.5. The third-order valence-electron chi connectivity index (χ3n) is 1.36. The molecule has 0 radical (unpaired) electrons. The quantitative estimate of drug-likeness (QED) is 0.365. The Kier molecular flexibility index (Phi) is 5.06. The maximum Gasteiger partial charge on any atom is 0.291 e. The number of rotatable bonds is 5. The maximum absolute atomic E-state index is 8.20. The van der Waals surface area contributed by atoms with E-state index in [0.29, 0.717) is 12.2 Å². The van der Waals surface area contributed by atoms with Gasteiger partial charge >= 0.3 is 0 Å². The molecule has 0 aliphatic carbocycles. The zero-order valence-electron chi connectivity index (χ0n) is 7.84. The van der Waals surface area contributed by atoms with Gasteiger partial charge in [-0.05, 0) is 25.0 Å². The van der Waals surface area contributed by atoms with Gasteiger partial charge in [-0.15, -0.1) is 5.26 Å². The van der Waals surface area contributed by atoms with Gasteiger partial charge in [-0.1, -0.05) is 31.4 Å². The summed E-state index contributed by atoms with van der Waals surface area (Å²) in [5, 5.41) is 8.20. The molecule has 0 atom stereocenters. The standard InChI is InChI=1S/C11H13NO/c1-5-9(2)6-10(3)7-11(4)13-8-12/h5,7H,1-3,6H2,4H3/b11-7+. The predicted octanol–water partition coefficient (Wildman–Crippen LogP) is 3.08.